The van der Waals surface area contributed by atoms with Gasteiger partial charge in [0.25, 0.3) is 0 Å². The fraction of sp³-hybridized carbons (Fsp3) is 0.667. The molecule has 0 aromatic carbocycles. The van der Waals surface area contributed by atoms with Crippen LogP contribution in [0.25, 0.3) is 0 Å². The first kappa shape index (κ1) is 11.0. The van der Waals surface area contributed by atoms with Gasteiger partial charge in [0, 0.05) is 12.5 Å². The van der Waals surface area contributed by atoms with Gasteiger partial charge in [0.05, 0.1) is 6.61 Å². The smallest absolute Gasteiger partial charge is 0.384 e. The van der Waals surface area contributed by atoms with Gasteiger partial charge in [-0.05, 0) is 6.42 Å². The van der Waals surface area contributed by atoms with Gasteiger partial charge in [0.1, 0.15) is 6.61 Å². The highest BCUT2D eigenvalue weighted by molar-refractivity contribution is 5.87. The van der Waals surface area contributed by atoms with E-state index in [1.165, 1.54) is 0 Å². The summed E-state index contributed by atoms with van der Waals surface area (Å²) in [5.74, 6) is 1.22. The predicted octanol–water partition coefficient (Wildman–Crippen LogP) is 0.980. The number of terminal acetylenes is 1. The second kappa shape index (κ2) is 8.09. The van der Waals surface area contributed by atoms with Crippen LogP contribution in [-0.4, -0.2) is 25.8 Å². The molecule has 3 heteroatoms. The SMILES string of the molecule is C#CC(=O)OCCOCCCC. The second-order valence-corrected chi connectivity index (χ2v) is 2.25. The van der Waals surface area contributed by atoms with Crippen LogP contribution in [0.4, 0.5) is 0 Å². The number of carbonyl (C=O) groups excluding carboxylic acids is 1. The van der Waals surface area contributed by atoms with Crippen molar-refractivity contribution >= 4 is 5.97 Å². The van der Waals surface area contributed by atoms with Crippen molar-refractivity contribution in [3.8, 4) is 12.3 Å². The standard InChI is InChI=1S/C9H14O3/c1-3-5-6-11-7-8-12-9(10)4-2/h2H,3,5-8H2,1H3. The molecule has 0 aliphatic rings. The molecule has 0 aliphatic heterocycles. The van der Waals surface area contributed by atoms with E-state index in [-0.39, 0.29) is 6.61 Å². The van der Waals surface area contributed by atoms with Crippen LogP contribution in [0.2, 0.25) is 0 Å². The van der Waals surface area contributed by atoms with Crippen molar-refractivity contribution in [2.24, 2.45) is 0 Å². The van der Waals surface area contributed by atoms with Crippen molar-refractivity contribution in [1.29, 1.82) is 0 Å². The van der Waals surface area contributed by atoms with E-state index in [0.717, 1.165) is 12.8 Å². The van der Waals surface area contributed by atoms with Gasteiger partial charge < -0.3 is 9.47 Å². The molecule has 0 rings (SSSR count). The quantitative estimate of drug-likeness (QED) is 0.258. The summed E-state index contributed by atoms with van der Waals surface area (Å²) >= 11 is 0. The zero-order chi connectivity index (χ0) is 9.23. The van der Waals surface area contributed by atoms with Crippen LogP contribution in [-0.2, 0) is 14.3 Å². The van der Waals surface area contributed by atoms with Gasteiger partial charge >= 0.3 is 5.97 Å². The third kappa shape index (κ3) is 7.10. The Kier molecular flexibility index (Phi) is 7.41. The van der Waals surface area contributed by atoms with E-state index < -0.39 is 5.97 Å². The molecule has 0 aromatic heterocycles. The van der Waals surface area contributed by atoms with Crippen LogP contribution in [0.5, 0.6) is 0 Å². The molecule has 0 bridgehead atoms. The average Bonchev–Trinajstić information content (AvgIpc) is 2.10. The Balaban J connectivity index is 3.02. The van der Waals surface area contributed by atoms with E-state index in [4.69, 9.17) is 11.2 Å². The average molecular weight is 170 g/mol. The van der Waals surface area contributed by atoms with E-state index in [1.807, 2.05) is 5.92 Å². The van der Waals surface area contributed by atoms with Crippen LogP contribution in [0.15, 0.2) is 0 Å². The third-order valence-electron chi connectivity index (χ3n) is 1.22. The van der Waals surface area contributed by atoms with Crippen LogP contribution in [0, 0.1) is 12.3 Å². The minimum Gasteiger partial charge on any atom is -0.454 e. The number of ether oxygens (including phenoxy) is 2. The minimum absolute atomic E-state index is 0.243. The first-order valence-corrected chi connectivity index (χ1v) is 4.02. The lowest BCUT2D eigenvalue weighted by Crippen LogP contribution is -2.09. The predicted molar refractivity (Wildman–Crippen MR) is 45.5 cm³/mol. The van der Waals surface area contributed by atoms with Crippen molar-refractivity contribution in [3.63, 3.8) is 0 Å². The van der Waals surface area contributed by atoms with Gasteiger partial charge in [-0.2, -0.15) is 0 Å². The van der Waals surface area contributed by atoms with E-state index in [9.17, 15) is 4.79 Å². The van der Waals surface area contributed by atoms with E-state index in [1.54, 1.807) is 0 Å². The second-order valence-electron chi connectivity index (χ2n) is 2.25. The first-order valence-electron chi connectivity index (χ1n) is 4.02. The van der Waals surface area contributed by atoms with Gasteiger partial charge in [0.2, 0.25) is 0 Å². The van der Waals surface area contributed by atoms with Crippen molar-refractivity contribution < 1.29 is 14.3 Å². The van der Waals surface area contributed by atoms with Gasteiger partial charge in [-0.15, -0.1) is 6.42 Å². The maximum atomic E-state index is 10.4. The molecule has 12 heavy (non-hydrogen) atoms. The summed E-state index contributed by atoms with van der Waals surface area (Å²) in [5.41, 5.74) is 0. The summed E-state index contributed by atoms with van der Waals surface area (Å²) in [5, 5.41) is 0. The topological polar surface area (TPSA) is 35.5 Å². The van der Waals surface area contributed by atoms with Gasteiger partial charge in [-0.3, -0.25) is 0 Å². The van der Waals surface area contributed by atoms with Crippen LogP contribution in [0.1, 0.15) is 19.8 Å². The Labute approximate surface area is 73.0 Å². The number of carbonyl (C=O) groups is 1. The number of hydrogen-bond donors (Lipinski definition) is 0. The lowest BCUT2D eigenvalue weighted by Gasteiger charge is -2.02. The maximum Gasteiger partial charge on any atom is 0.384 e. The molecular weight excluding hydrogens is 156 g/mol. The minimum atomic E-state index is -0.630. The summed E-state index contributed by atoms with van der Waals surface area (Å²) in [7, 11) is 0. The summed E-state index contributed by atoms with van der Waals surface area (Å²) in [6.45, 7) is 3.46. The Morgan fingerprint density at radius 2 is 2.17 bits per heavy atom. The normalized spacial score (nSPS) is 9.00. The van der Waals surface area contributed by atoms with Crippen LogP contribution >= 0.6 is 0 Å². The molecule has 0 N–H and O–H groups in total. The summed E-state index contributed by atoms with van der Waals surface area (Å²) in [6, 6.07) is 0. The molecule has 0 fully saturated rings. The Hall–Kier alpha value is -1.01. The fourth-order valence-electron chi connectivity index (χ4n) is 0.583. The van der Waals surface area contributed by atoms with E-state index in [0.29, 0.717) is 13.2 Å². The molecule has 0 radical (unpaired) electrons. The van der Waals surface area contributed by atoms with Crippen molar-refractivity contribution in [2.45, 2.75) is 19.8 Å². The Bertz CT molecular complexity index is 158. The van der Waals surface area contributed by atoms with E-state index >= 15 is 0 Å². The number of esters is 1. The summed E-state index contributed by atoms with van der Waals surface area (Å²) in [4.78, 5) is 10.4. The molecule has 0 unspecified atom stereocenters. The summed E-state index contributed by atoms with van der Waals surface area (Å²) < 4.78 is 9.69. The van der Waals surface area contributed by atoms with Gasteiger partial charge in [0.15, 0.2) is 0 Å². The van der Waals surface area contributed by atoms with Crippen molar-refractivity contribution in [3.05, 3.63) is 0 Å². The molecule has 0 saturated carbocycles. The molecule has 0 aliphatic carbocycles. The summed E-state index contributed by atoms with van der Waals surface area (Å²) in [6.07, 6.45) is 6.90. The highest BCUT2D eigenvalue weighted by Crippen LogP contribution is 1.87. The van der Waals surface area contributed by atoms with Gasteiger partial charge in [-0.1, -0.05) is 13.3 Å². The maximum absolute atomic E-state index is 10.4. The molecule has 0 saturated heterocycles. The largest absolute Gasteiger partial charge is 0.454 e. The molecule has 0 amide bonds. The van der Waals surface area contributed by atoms with Gasteiger partial charge in [-0.25, -0.2) is 4.79 Å². The molecule has 0 aromatic rings. The zero-order valence-electron chi connectivity index (χ0n) is 7.34. The lowest BCUT2D eigenvalue weighted by atomic mass is 10.4. The first-order chi connectivity index (χ1) is 5.81. The van der Waals surface area contributed by atoms with E-state index in [2.05, 4.69) is 11.7 Å². The number of rotatable bonds is 6. The van der Waals surface area contributed by atoms with Crippen LogP contribution < -0.4 is 0 Å². The van der Waals surface area contributed by atoms with Crippen LogP contribution in [0.3, 0.4) is 0 Å². The highest BCUT2D eigenvalue weighted by Gasteiger charge is 1.94. The lowest BCUT2D eigenvalue weighted by molar-refractivity contribution is -0.138. The molecular formula is C9H14O3. The third-order valence-corrected chi connectivity index (χ3v) is 1.22. The Morgan fingerprint density at radius 1 is 1.42 bits per heavy atom. The molecule has 0 atom stereocenters. The molecule has 0 heterocycles. The Morgan fingerprint density at radius 3 is 2.75 bits per heavy atom. The molecule has 0 spiro atoms. The molecule has 3 nitrogen and oxygen atoms in total. The van der Waals surface area contributed by atoms with Crippen molar-refractivity contribution in [1.82, 2.24) is 0 Å². The monoisotopic (exact) mass is 170 g/mol. The number of unbranched alkanes of at least 4 members (excludes halogenated alkanes) is 1. The highest BCUT2D eigenvalue weighted by atomic mass is 16.6. The number of hydrogen-bond acceptors (Lipinski definition) is 3. The fourth-order valence-corrected chi connectivity index (χ4v) is 0.583. The molecule has 68 valence electrons. The zero-order valence-corrected chi connectivity index (χ0v) is 7.34. The van der Waals surface area contributed by atoms with Crippen molar-refractivity contribution in [2.75, 3.05) is 19.8 Å².